The number of aromatic nitrogens is 1. The van der Waals surface area contributed by atoms with E-state index in [0.717, 1.165) is 0 Å². The number of phenolic OH excluding ortho intramolecular Hbond substituents is 1. The lowest BCUT2D eigenvalue weighted by Crippen LogP contribution is -2.11. The monoisotopic (exact) mass is 291 g/mol. The highest BCUT2D eigenvalue weighted by Gasteiger charge is 2.23. The van der Waals surface area contributed by atoms with E-state index in [4.69, 9.17) is 22.6 Å². The molecule has 1 heterocycles. The van der Waals surface area contributed by atoms with Crippen molar-refractivity contribution >= 4 is 23.3 Å². The number of benzene rings is 1. The second-order valence-electron chi connectivity index (χ2n) is 3.91. The maximum Gasteiger partial charge on any atom is 0.357 e. The first kappa shape index (κ1) is 13.8. The van der Waals surface area contributed by atoms with Crippen molar-refractivity contribution in [3.05, 3.63) is 40.7 Å². The van der Waals surface area contributed by atoms with Crippen LogP contribution in [-0.4, -0.2) is 22.8 Å². The quantitative estimate of drug-likeness (QED) is 0.825. The van der Waals surface area contributed by atoms with E-state index in [-0.39, 0.29) is 28.4 Å². The number of hydrogen-bond acceptors (Lipinski definition) is 5. The number of halogens is 1. The van der Waals surface area contributed by atoms with Crippen molar-refractivity contribution in [1.82, 2.24) is 4.57 Å². The maximum absolute atomic E-state index is 11.8. The van der Waals surface area contributed by atoms with Gasteiger partial charge in [-0.05, 0) is 18.2 Å². The van der Waals surface area contributed by atoms with E-state index in [2.05, 4.69) is 4.74 Å². The molecular weight excluding hydrogens is 282 g/mol. The summed E-state index contributed by atoms with van der Waals surface area (Å²) in [5.41, 5.74) is 6.03. The molecule has 0 radical (unpaired) electrons. The van der Waals surface area contributed by atoms with Crippen molar-refractivity contribution < 1.29 is 14.6 Å². The Bertz CT molecular complexity index is 731. The molecule has 0 saturated carbocycles. The molecular formula is C13H10ClN3O3. The second-order valence-corrected chi connectivity index (χ2v) is 4.35. The topological polar surface area (TPSA) is 101 Å². The molecule has 1 aromatic heterocycles. The van der Waals surface area contributed by atoms with Gasteiger partial charge in [-0.2, -0.15) is 5.26 Å². The molecule has 0 unspecified atom stereocenters. The molecule has 0 saturated heterocycles. The van der Waals surface area contributed by atoms with Gasteiger partial charge in [-0.25, -0.2) is 4.79 Å². The molecule has 2 aromatic rings. The van der Waals surface area contributed by atoms with E-state index in [1.807, 2.05) is 6.07 Å². The van der Waals surface area contributed by atoms with E-state index in [0.29, 0.717) is 5.02 Å². The molecule has 0 fully saturated rings. The highest BCUT2D eigenvalue weighted by Crippen LogP contribution is 2.31. The minimum absolute atomic E-state index is 0.0151. The summed E-state index contributed by atoms with van der Waals surface area (Å²) < 4.78 is 5.92. The third-order valence-electron chi connectivity index (χ3n) is 2.74. The maximum atomic E-state index is 11.8. The van der Waals surface area contributed by atoms with Gasteiger partial charge in [0.2, 0.25) is 0 Å². The molecule has 0 aliphatic heterocycles. The summed E-state index contributed by atoms with van der Waals surface area (Å²) in [6, 6.07) is 6.19. The van der Waals surface area contributed by atoms with Crippen LogP contribution in [0.3, 0.4) is 0 Å². The number of nitrogens with zero attached hydrogens (tertiary/aromatic N) is 2. The normalized spacial score (nSPS) is 10.1. The first-order valence-electron chi connectivity index (χ1n) is 5.47. The molecule has 0 atom stereocenters. The summed E-state index contributed by atoms with van der Waals surface area (Å²) in [6.45, 7) is 0. The molecule has 7 heteroatoms. The van der Waals surface area contributed by atoms with Gasteiger partial charge in [0, 0.05) is 11.2 Å². The van der Waals surface area contributed by atoms with Crippen LogP contribution in [0, 0.1) is 11.3 Å². The largest absolute Gasteiger partial charge is 0.506 e. The van der Waals surface area contributed by atoms with Crippen LogP contribution < -0.4 is 5.73 Å². The van der Waals surface area contributed by atoms with E-state index in [1.54, 1.807) is 0 Å². The Kier molecular flexibility index (Phi) is 3.55. The van der Waals surface area contributed by atoms with Crippen molar-refractivity contribution in [2.24, 2.45) is 0 Å². The summed E-state index contributed by atoms with van der Waals surface area (Å²) in [5.74, 6) is -0.831. The zero-order valence-electron chi connectivity index (χ0n) is 10.4. The number of ether oxygens (including phenoxy) is 1. The van der Waals surface area contributed by atoms with Crippen molar-refractivity contribution in [3.8, 4) is 17.5 Å². The average molecular weight is 292 g/mol. The van der Waals surface area contributed by atoms with Gasteiger partial charge >= 0.3 is 5.97 Å². The van der Waals surface area contributed by atoms with Crippen molar-refractivity contribution in [3.63, 3.8) is 0 Å². The van der Waals surface area contributed by atoms with Crippen LogP contribution in [0.4, 0.5) is 5.69 Å². The van der Waals surface area contributed by atoms with Gasteiger partial charge in [0.15, 0.2) is 5.69 Å². The number of methoxy groups -OCH3 is 1. The van der Waals surface area contributed by atoms with Crippen molar-refractivity contribution in [2.75, 3.05) is 12.8 Å². The molecule has 20 heavy (non-hydrogen) atoms. The summed E-state index contributed by atoms with van der Waals surface area (Å²) in [4.78, 5) is 11.8. The van der Waals surface area contributed by atoms with Gasteiger partial charge in [-0.15, -0.1) is 0 Å². The third kappa shape index (κ3) is 2.15. The summed E-state index contributed by atoms with van der Waals surface area (Å²) in [5, 5.41) is 19.2. The smallest absolute Gasteiger partial charge is 0.357 e. The van der Waals surface area contributed by atoms with Crippen LogP contribution in [0.5, 0.6) is 5.75 Å². The van der Waals surface area contributed by atoms with E-state index in [1.165, 1.54) is 36.1 Å². The fourth-order valence-electron chi connectivity index (χ4n) is 1.79. The summed E-state index contributed by atoms with van der Waals surface area (Å²) in [6.07, 6.45) is 1.34. The highest BCUT2D eigenvalue weighted by atomic mass is 35.5. The number of carbonyl (C=O) groups excluding carboxylic acids is 1. The molecule has 0 spiro atoms. The third-order valence-corrected chi connectivity index (χ3v) is 2.98. The Labute approximate surface area is 119 Å². The molecule has 2 rings (SSSR count). The predicted molar refractivity (Wildman–Crippen MR) is 72.9 cm³/mol. The number of nitrogens with two attached hydrogens (primary N) is 1. The first-order valence-corrected chi connectivity index (χ1v) is 5.85. The standard InChI is InChI=1S/C13H10ClN3O3/c1-20-13(19)12-11(16)7(5-15)6-17(12)9-4-8(14)2-3-10(9)18/h2-4,6,18H,16H2,1H3. The minimum Gasteiger partial charge on any atom is -0.506 e. The Morgan fingerprint density at radius 2 is 2.25 bits per heavy atom. The Hall–Kier alpha value is -2.65. The number of anilines is 1. The average Bonchev–Trinajstić information content (AvgIpc) is 2.77. The second kappa shape index (κ2) is 5.15. The number of carbonyl (C=O) groups is 1. The molecule has 6 nitrogen and oxygen atoms in total. The number of phenols is 1. The predicted octanol–water partition coefficient (Wildman–Crippen LogP) is 2.08. The lowest BCUT2D eigenvalue weighted by molar-refractivity contribution is 0.0593. The number of rotatable bonds is 2. The van der Waals surface area contributed by atoms with Crippen LogP contribution in [0.15, 0.2) is 24.4 Å². The fraction of sp³-hybridized carbons (Fsp3) is 0.0769. The van der Waals surface area contributed by atoms with Crippen molar-refractivity contribution in [2.45, 2.75) is 0 Å². The highest BCUT2D eigenvalue weighted by molar-refractivity contribution is 6.30. The van der Waals surface area contributed by atoms with Crippen LogP contribution in [0.25, 0.3) is 5.69 Å². The SMILES string of the molecule is COC(=O)c1c(N)c(C#N)cn1-c1cc(Cl)ccc1O. The first-order chi connectivity index (χ1) is 9.49. The Morgan fingerprint density at radius 1 is 1.55 bits per heavy atom. The Balaban J connectivity index is 2.77. The molecule has 0 bridgehead atoms. The number of hydrogen-bond donors (Lipinski definition) is 2. The van der Waals surface area contributed by atoms with Crippen LogP contribution in [0.2, 0.25) is 5.02 Å². The number of aromatic hydroxyl groups is 1. The summed E-state index contributed by atoms with van der Waals surface area (Å²) >= 11 is 5.88. The lowest BCUT2D eigenvalue weighted by Gasteiger charge is -2.10. The molecule has 0 aliphatic carbocycles. The molecule has 3 N–H and O–H groups in total. The van der Waals surface area contributed by atoms with Gasteiger partial charge in [0.25, 0.3) is 0 Å². The van der Waals surface area contributed by atoms with Crippen molar-refractivity contribution in [1.29, 1.82) is 5.26 Å². The molecule has 0 aliphatic rings. The van der Waals surface area contributed by atoms with Gasteiger partial charge in [-0.3, -0.25) is 0 Å². The Morgan fingerprint density at radius 3 is 2.85 bits per heavy atom. The zero-order valence-corrected chi connectivity index (χ0v) is 11.2. The molecule has 0 amide bonds. The van der Waals surface area contributed by atoms with Gasteiger partial charge in [-0.1, -0.05) is 11.6 Å². The van der Waals surface area contributed by atoms with E-state index >= 15 is 0 Å². The minimum atomic E-state index is -0.719. The zero-order chi connectivity index (χ0) is 14.9. The summed E-state index contributed by atoms with van der Waals surface area (Å²) in [7, 11) is 1.20. The fourth-order valence-corrected chi connectivity index (χ4v) is 1.96. The number of esters is 1. The van der Waals surface area contributed by atoms with E-state index in [9.17, 15) is 9.90 Å². The lowest BCUT2D eigenvalue weighted by atomic mass is 10.2. The molecule has 102 valence electrons. The van der Waals surface area contributed by atoms with Crippen LogP contribution >= 0.6 is 11.6 Å². The number of nitrogen functional groups attached to an aromatic ring is 1. The van der Waals surface area contributed by atoms with Crippen LogP contribution in [0.1, 0.15) is 16.1 Å². The number of nitriles is 1. The van der Waals surface area contributed by atoms with Gasteiger partial charge in [0.05, 0.1) is 24.0 Å². The van der Waals surface area contributed by atoms with Gasteiger partial charge in [0.1, 0.15) is 11.8 Å². The van der Waals surface area contributed by atoms with E-state index < -0.39 is 5.97 Å². The van der Waals surface area contributed by atoms with Gasteiger partial charge < -0.3 is 20.1 Å². The molecule has 1 aromatic carbocycles. The van der Waals surface area contributed by atoms with Crippen LogP contribution in [-0.2, 0) is 4.74 Å².